The normalized spacial score (nSPS) is 16.4. The van der Waals surface area contributed by atoms with E-state index >= 15 is 0 Å². The van der Waals surface area contributed by atoms with Crippen molar-refractivity contribution < 1.29 is 0 Å². The third-order valence-corrected chi connectivity index (χ3v) is 5.45. The van der Waals surface area contributed by atoms with Crippen LogP contribution in [-0.2, 0) is 6.42 Å². The number of aromatic nitrogens is 4. The predicted molar refractivity (Wildman–Crippen MR) is 88.7 cm³/mol. The highest BCUT2D eigenvalue weighted by molar-refractivity contribution is 7.16. The number of halogens is 1. The van der Waals surface area contributed by atoms with Crippen molar-refractivity contribution in [3.8, 4) is 0 Å². The summed E-state index contributed by atoms with van der Waals surface area (Å²) in [5.41, 5.74) is 1.22. The van der Waals surface area contributed by atoms with Crippen molar-refractivity contribution in [3.05, 3.63) is 45.7 Å². The lowest BCUT2D eigenvalue weighted by Gasteiger charge is -2.18. The van der Waals surface area contributed by atoms with Crippen LogP contribution < -0.4 is 0 Å². The summed E-state index contributed by atoms with van der Waals surface area (Å²) in [4.78, 5) is 0.907. The first-order valence-corrected chi connectivity index (χ1v) is 8.94. The van der Waals surface area contributed by atoms with E-state index in [1.54, 1.807) is 11.3 Å². The number of hydrogen-bond acceptors (Lipinski definition) is 4. The molecule has 1 fully saturated rings. The lowest BCUT2D eigenvalue weighted by molar-refractivity contribution is 0.423. The summed E-state index contributed by atoms with van der Waals surface area (Å²) >= 11 is 7.56. The fourth-order valence-electron chi connectivity index (χ4n) is 3.14. The van der Waals surface area contributed by atoms with Crippen molar-refractivity contribution in [1.29, 1.82) is 0 Å². The summed E-state index contributed by atoms with van der Waals surface area (Å²) in [6.45, 7) is 0. The van der Waals surface area contributed by atoms with Gasteiger partial charge in [-0.2, -0.15) is 9.61 Å². The summed E-state index contributed by atoms with van der Waals surface area (Å²) < 4.78 is 1.96. The monoisotopic (exact) mass is 332 g/mol. The number of rotatable bonds is 3. The van der Waals surface area contributed by atoms with E-state index in [-0.39, 0.29) is 0 Å². The molecule has 1 aromatic carbocycles. The van der Waals surface area contributed by atoms with Gasteiger partial charge in [0.25, 0.3) is 0 Å². The second-order valence-electron chi connectivity index (χ2n) is 5.89. The van der Waals surface area contributed by atoms with Gasteiger partial charge in [-0.3, -0.25) is 0 Å². The van der Waals surface area contributed by atoms with E-state index in [2.05, 4.69) is 10.2 Å². The topological polar surface area (TPSA) is 43.1 Å². The van der Waals surface area contributed by atoms with Crippen molar-refractivity contribution in [2.24, 2.45) is 0 Å². The molecule has 22 heavy (non-hydrogen) atoms. The Bertz CT molecular complexity index is 771. The first-order valence-electron chi connectivity index (χ1n) is 7.75. The Kier molecular flexibility index (Phi) is 3.84. The summed E-state index contributed by atoms with van der Waals surface area (Å²) in [6, 6.07) is 7.94. The molecule has 1 saturated carbocycles. The summed E-state index contributed by atoms with van der Waals surface area (Å²) in [5.74, 6) is 1.57. The third kappa shape index (κ3) is 2.75. The van der Waals surface area contributed by atoms with Crippen molar-refractivity contribution in [2.75, 3.05) is 0 Å². The van der Waals surface area contributed by atoms with Crippen LogP contribution in [0.4, 0.5) is 0 Å². The minimum atomic E-state index is 0.522. The number of benzene rings is 1. The highest BCUT2D eigenvalue weighted by Crippen LogP contribution is 2.32. The van der Waals surface area contributed by atoms with Gasteiger partial charge < -0.3 is 0 Å². The Balaban J connectivity index is 1.60. The molecule has 0 bridgehead atoms. The van der Waals surface area contributed by atoms with Gasteiger partial charge in [0, 0.05) is 17.4 Å². The van der Waals surface area contributed by atoms with Crippen LogP contribution in [-0.4, -0.2) is 19.8 Å². The van der Waals surface area contributed by atoms with Gasteiger partial charge in [0.15, 0.2) is 5.82 Å². The van der Waals surface area contributed by atoms with Crippen LogP contribution in [0.25, 0.3) is 4.96 Å². The molecule has 0 amide bonds. The molecular weight excluding hydrogens is 316 g/mol. The lowest BCUT2D eigenvalue weighted by Crippen LogP contribution is -2.09. The maximum Gasteiger partial charge on any atom is 0.234 e. The zero-order valence-corrected chi connectivity index (χ0v) is 13.8. The zero-order valence-electron chi connectivity index (χ0n) is 12.2. The van der Waals surface area contributed by atoms with Crippen LogP contribution in [0, 0.1) is 0 Å². The average molecular weight is 333 g/mol. The van der Waals surface area contributed by atoms with Crippen LogP contribution in [0.5, 0.6) is 0 Å². The SMILES string of the molecule is Clc1ccc(Cc2nn3c(C4CCCCC4)nnc3s2)cc1. The lowest BCUT2D eigenvalue weighted by atomic mass is 9.89. The molecule has 3 aromatic rings. The van der Waals surface area contributed by atoms with E-state index in [0.717, 1.165) is 27.2 Å². The van der Waals surface area contributed by atoms with E-state index in [1.165, 1.54) is 37.7 Å². The molecule has 1 aliphatic carbocycles. The van der Waals surface area contributed by atoms with Gasteiger partial charge >= 0.3 is 0 Å². The molecule has 2 heterocycles. The Hall–Kier alpha value is -1.46. The molecule has 0 unspecified atom stereocenters. The van der Waals surface area contributed by atoms with Gasteiger partial charge in [0.05, 0.1) is 0 Å². The Morgan fingerprint density at radius 1 is 1.09 bits per heavy atom. The minimum Gasteiger partial charge on any atom is -0.187 e. The highest BCUT2D eigenvalue weighted by atomic mass is 35.5. The van der Waals surface area contributed by atoms with Gasteiger partial charge in [0.2, 0.25) is 4.96 Å². The smallest absolute Gasteiger partial charge is 0.187 e. The molecule has 4 nitrogen and oxygen atoms in total. The van der Waals surface area contributed by atoms with Crippen molar-refractivity contribution in [1.82, 2.24) is 19.8 Å². The molecule has 0 atom stereocenters. The van der Waals surface area contributed by atoms with Gasteiger partial charge in [-0.05, 0) is 30.5 Å². The molecule has 2 aromatic heterocycles. The second-order valence-corrected chi connectivity index (χ2v) is 7.36. The molecule has 4 rings (SSSR count). The predicted octanol–water partition coefficient (Wildman–Crippen LogP) is 4.48. The quantitative estimate of drug-likeness (QED) is 0.710. The van der Waals surface area contributed by atoms with Crippen LogP contribution in [0.3, 0.4) is 0 Å². The summed E-state index contributed by atoms with van der Waals surface area (Å²) in [7, 11) is 0. The van der Waals surface area contributed by atoms with E-state index < -0.39 is 0 Å². The number of hydrogen-bond donors (Lipinski definition) is 0. The van der Waals surface area contributed by atoms with Crippen LogP contribution in [0.1, 0.15) is 54.4 Å². The number of fused-ring (bicyclic) bond motifs is 1. The Morgan fingerprint density at radius 2 is 1.86 bits per heavy atom. The average Bonchev–Trinajstić information content (AvgIpc) is 3.10. The first-order chi connectivity index (χ1) is 10.8. The summed E-state index contributed by atoms with van der Waals surface area (Å²) in [6.07, 6.45) is 7.17. The number of nitrogens with zero attached hydrogens (tertiary/aromatic N) is 4. The van der Waals surface area contributed by atoms with Gasteiger partial charge in [-0.1, -0.05) is 54.3 Å². The molecule has 0 radical (unpaired) electrons. The molecule has 0 N–H and O–H groups in total. The molecular formula is C16H17ClN4S. The summed E-state index contributed by atoms with van der Waals surface area (Å²) in [5, 5.41) is 15.3. The molecule has 6 heteroatoms. The van der Waals surface area contributed by atoms with Gasteiger partial charge in [-0.25, -0.2) is 0 Å². The molecule has 0 saturated heterocycles. The van der Waals surface area contributed by atoms with Gasteiger partial charge in [-0.15, -0.1) is 10.2 Å². The largest absolute Gasteiger partial charge is 0.234 e. The maximum atomic E-state index is 5.93. The first kappa shape index (κ1) is 14.2. The third-order valence-electron chi connectivity index (χ3n) is 4.30. The van der Waals surface area contributed by atoms with Crippen molar-refractivity contribution in [3.63, 3.8) is 0 Å². The highest BCUT2D eigenvalue weighted by Gasteiger charge is 2.22. The molecule has 114 valence electrons. The molecule has 0 aliphatic heterocycles. The zero-order chi connectivity index (χ0) is 14.9. The minimum absolute atomic E-state index is 0.522. The molecule has 1 aliphatic rings. The van der Waals surface area contributed by atoms with E-state index in [0.29, 0.717) is 5.92 Å². The van der Waals surface area contributed by atoms with Crippen molar-refractivity contribution >= 4 is 27.9 Å². The van der Waals surface area contributed by atoms with Crippen LogP contribution in [0.2, 0.25) is 5.02 Å². The van der Waals surface area contributed by atoms with E-state index in [1.807, 2.05) is 28.8 Å². The van der Waals surface area contributed by atoms with E-state index in [9.17, 15) is 0 Å². The fraction of sp³-hybridized carbons (Fsp3) is 0.438. The fourth-order valence-corrected chi connectivity index (χ4v) is 4.14. The van der Waals surface area contributed by atoms with Crippen LogP contribution in [0.15, 0.2) is 24.3 Å². The second kappa shape index (κ2) is 5.97. The molecule has 0 spiro atoms. The van der Waals surface area contributed by atoms with Crippen LogP contribution >= 0.6 is 22.9 Å². The van der Waals surface area contributed by atoms with Crippen molar-refractivity contribution in [2.45, 2.75) is 44.4 Å². The van der Waals surface area contributed by atoms with E-state index in [4.69, 9.17) is 16.7 Å². The Labute approximate surface area is 138 Å². The van der Waals surface area contributed by atoms with Gasteiger partial charge in [0.1, 0.15) is 5.01 Å². The standard InChI is InChI=1S/C16H17ClN4S/c17-13-8-6-11(7-9-13)10-14-20-21-15(18-19-16(21)22-14)12-4-2-1-3-5-12/h6-9,12H,1-5,10H2. The maximum absolute atomic E-state index is 5.93. The Morgan fingerprint density at radius 3 is 2.64 bits per heavy atom.